The smallest absolute Gasteiger partial charge is 0.136 e. The van der Waals surface area contributed by atoms with Gasteiger partial charge in [-0.05, 0) is 71.4 Å². The Kier molecular flexibility index (Phi) is 6.73. The first-order valence-electron chi connectivity index (χ1n) is 9.69. The van der Waals surface area contributed by atoms with Crippen LogP contribution in [-0.2, 0) is 24.2 Å². The van der Waals surface area contributed by atoms with Crippen LogP contribution in [0.1, 0.15) is 40.2 Å². The lowest BCUT2D eigenvalue weighted by Crippen LogP contribution is -2.40. The van der Waals surface area contributed by atoms with Crippen molar-refractivity contribution in [3.8, 4) is 0 Å². The van der Waals surface area contributed by atoms with Gasteiger partial charge in [-0.1, -0.05) is 0 Å². The van der Waals surface area contributed by atoms with Gasteiger partial charge in [0.25, 0.3) is 0 Å². The summed E-state index contributed by atoms with van der Waals surface area (Å²) in [6.07, 6.45) is 4.63. The molecule has 1 unspecified atom stereocenters. The molecule has 27 heavy (non-hydrogen) atoms. The van der Waals surface area contributed by atoms with Crippen molar-refractivity contribution in [2.24, 2.45) is 0 Å². The van der Waals surface area contributed by atoms with Crippen molar-refractivity contribution in [3.63, 3.8) is 0 Å². The summed E-state index contributed by atoms with van der Waals surface area (Å²) in [5.74, 6) is 0.176. The molecule has 0 N–H and O–H groups in total. The minimum Gasteiger partial charge on any atom is -0.302 e. The molecule has 3 rings (SSSR count). The fourth-order valence-corrected chi connectivity index (χ4v) is 4.90. The lowest BCUT2D eigenvalue weighted by atomic mass is 10.0. The van der Waals surface area contributed by atoms with Crippen molar-refractivity contribution in [1.82, 2.24) is 19.8 Å². The predicted molar refractivity (Wildman–Crippen MR) is 110 cm³/mol. The van der Waals surface area contributed by atoms with Crippen LogP contribution in [0.4, 0.5) is 0 Å². The van der Waals surface area contributed by atoms with Crippen molar-refractivity contribution in [2.75, 3.05) is 26.7 Å². The quantitative estimate of drug-likeness (QED) is 0.764. The molecule has 1 fully saturated rings. The van der Waals surface area contributed by atoms with Crippen LogP contribution in [0.3, 0.4) is 0 Å². The number of rotatable bonds is 6. The molecule has 1 aliphatic heterocycles. The number of pyridine rings is 1. The summed E-state index contributed by atoms with van der Waals surface area (Å²) in [4.78, 5) is 26.5. The second kappa shape index (κ2) is 9.04. The highest BCUT2D eigenvalue weighted by atomic mass is 32.1. The lowest BCUT2D eigenvalue weighted by Gasteiger charge is -2.29. The molecule has 2 aromatic rings. The van der Waals surface area contributed by atoms with Crippen LogP contribution in [0.15, 0.2) is 18.3 Å². The molecule has 146 valence electrons. The van der Waals surface area contributed by atoms with Crippen molar-refractivity contribution in [3.05, 3.63) is 45.2 Å². The van der Waals surface area contributed by atoms with E-state index in [4.69, 9.17) is 0 Å². The summed E-state index contributed by atoms with van der Waals surface area (Å²) in [6.45, 7) is 9.98. The molecular formula is C21H30N4OS. The monoisotopic (exact) mass is 386 g/mol. The Morgan fingerprint density at radius 3 is 2.70 bits per heavy atom. The number of aryl methyl sites for hydroxylation is 2. The van der Waals surface area contributed by atoms with E-state index >= 15 is 0 Å². The van der Waals surface area contributed by atoms with Crippen LogP contribution < -0.4 is 0 Å². The summed E-state index contributed by atoms with van der Waals surface area (Å²) in [6, 6.07) is 4.93. The standard InChI is InChI=1S/C21H30N4OS/c1-15-8-18(9-16(2)23-15)11-19-13-25(7-5-6-24(19)4)14-20-12-22-21(27-20)10-17(3)26/h8-9,12,19H,5-7,10-11,13-14H2,1-4H3. The first-order valence-corrected chi connectivity index (χ1v) is 10.5. The maximum Gasteiger partial charge on any atom is 0.136 e. The summed E-state index contributed by atoms with van der Waals surface area (Å²) >= 11 is 1.68. The molecule has 0 aromatic carbocycles. The molecular weight excluding hydrogens is 356 g/mol. The number of ketones is 1. The Bertz CT molecular complexity index is 768. The number of nitrogens with zero attached hydrogens (tertiary/aromatic N) is 4. The minimum absolute atomic E-state index is 0.176. The van der Waals surface area contributed by atoms with Gasteiger partial charge in [-0.2, -0.15) is 0 Å². The van der Waals surface area contributed by atoms with E-state index in [9.17, 15) is 4.79 Å². The summed E-state index contributed by atoms with van der Waals surface area (Å²) in [5, 5.41) is 0.934. The molecule has 6 heteroatoms. The summed E-state index contributed by atoms with van der Waals surface area (Å²) in [7, 11) is 2.24. The Labute approximate surface area is 166 Å². The highest BCUT2D eigenvalue weighted by Crippen LogP contribution is 2.20. The predicted octanol–water partition coefficient (Wildman–Crippen LogP) is 3.04. The van der Waals surface area contributed by atoms with Gasteiger partial charge in [0.15, 0.2) is 0 Å². The third-order valence-electron chi connectivity index (χ3n) is 5.07. The second-order valence-corrected chi connectivity index (χ2v) is 8.98. The van der Waals surface area contributed by atoms with Crippen LogP contribution >= 0.6 is 11.3 Å². The molecule has 1 atom stereocenters. The van der Waals surface area contributed by atoms with Gasteiger partial charge in [0.1, 0.15) is 10.8 Å². The number of hydrogen-bond donors (Lipinski definition) is 0. The topological polar surface area (TPSA) is 49.3 Å². The van der Waals surface area contributed by atoms with Crippen LogP contribution in [0.5, 0.6) is 0 Å². The summed E-state index contributed by atoms with van der Waals surface area (Å²) in [5.41, 5.74) is 3.57. The number of carbonyl (C=O) groups is 1. The van der Waals surface area contributed by atoms with E-state index in [-0.39, 0.29) is 5.78 Å². The highest BCUT2D eigenvalue weighted by molar-refractivity contribution is 7.11. The van der Waals surface area contributed by atoms with Gasteiger partial charge in [0.05, 0.1) is 6.42 Å². The number of Topliss-reactive ketones (excluding diaryl/α,β-unsaturated/α-hetero) is 1. The first-order chi connectivity index (χ1) is 12.9. The van der Waals surface area contributed by atoms with Gasteiger partial charge < -0.3 is 4.90 Å². The lowest BCUT2D eigenvalue weighted by molar-refractivity contribution is -0.116. The Morgan fingerprint density at radius 1 is 1.26 bits per heavy atom. The van der Waals surface area contributed by atoms with E-state index < -0.39 is 0 Å². The molecule has 0 amide bonds. The van der Waals surface area contributed by atoms with E-state index in [1.54, 1.807) is 18.3 Å². The maximum atomic E-state index is 11.3. The highest BCUT2D eigenvalue weighted by Gasteiger charge is 2.23. The van der Waals surface area contributed by atoms with E-state index in [1.165, 1.54) is 16.9 Å². The SMILES string of the molecule is CC(=O)Cc1ncc(CN2CCCN(C)C(Cc3cc(C)nc(C)c3)C2)s1. The van der Waals surface area contributed by atoms with Gasteiger partial charge >= 0.3 is 0 Å². The molecule has 3 heterocycles. The van der Waals surface area contributed by atoms with Gasteiger partial charge in [-0.15, -0.1) is 11.3 Å². The largest absolute Gasteiger partial charge is 0.302 e. The fourth-order valence-electron chi connectivity index (χ4n) is 3.87. The molecule has 0 saturated carbocycles. The van der Waals surface area contributed by atoms with Crippen molar-refractivity contribution >= 4 is 17.1 Å². The van der Waals surface area contributed by atoms with Crippen molar-refractivity contribution in [1.29, 1.82) is 0 Å². The number of thiazole rings is 1. The molecule has 0 spiro atoms. The van der Waals surface area contributed by atoms with Crippen LogP contribution in [0.25, 0.3) is 0 Å². The minimum atomic E-state index is 0.176. The molecule has 0 bridgehead atoms. The van der Waals surface area contributed by atoms with Crippen molar-refractivity contribution < 1.29 is 4.79 Å². The normalized spacial score (nSPS) is 19.2. The second-order valence-electron chi connectivity index (χ2n) is 7.78. The third kappa shape index (κ3) is 5.92. The number of hydrogen-bond acceptors (Lipinski definition) is 6. The van der Waals surface area contributed by atoms with Gasteiger partial charge in [0.2, 0.25) is 0 Å². The molecule has 5 nitrogen and oxygen atoms in total. The van der Waals surface area contributed by atoms with Gasteiger partial charge in [0, 0.05) is 41.6 Å². The number of aromatic nitrogens is 2. The Hall–Kier alpha value is -1.63. The number of likely N-dealkylation sites (N-methyl/N-ethyl adjacent to an activating group) is 1. The summed E-state index contributed by atoms with van der Waals surface area (Å²) < 4.78 is 0. The van der Waals surface area contributed by atoms with E-state index in [0.29, 0.717) is 12.5 Å². The molecule has 0 aliphatic carbocycles. The molecule has 0 radical (unpaired) electrons. The van der Waals surface area contributed by atoms with E-state index in [1.807, 2.05) is 6.20 Å². The zero-order valence-electron chi connectivity index (χ0n) is 16.9. The number of carbonyl (C=O) groups excluding carboxylic acids is 1. The van der Waals surface area contributed by atoms with Crippen LogP contribution in [0, 0.1) is 13.8 Å². The van der Waals surface area contributed by atoms with Crippen LogP contribution in [-0.4, -0.2) is 58.3 Å². The van der Waals surface area contributed by atoms with Crippen LogP contribution in [0.2, 0.25) is 0 Å². The Morgan fingerprint density at radius 2 is 2.00 bits per heavy atom. The zero-order chi connectivity index (χ0) is 19.4. The van der Waals surface area contributed by atoms with E-state index in [2.05, 4.69) is 52.8 Å². The van der Waals surface area contributed by atoms with E-state index in [0.717, 1.165) is 49.0 Å². The van der Waals surface area contributed by atoms with Gasteiger partial charge in [-0.25, -0.2) is 4.98 Å². The zero-order valence-corrected chi connectivity index (χ0v) is 17.7. The first kappa shape index (κ1) is 20.1. The molecule has 1 saturated heterocycles. The average Bonchev–Trinajstić information content (AvgIpc) is 2.91. The third-order valence-corrected chi connectivity index (χ3v) is 6.05. The fraction of sp³-hybridized carbons (Fsp3) is 0.571. The van der Waals surface area contributed by atoms with Crippen molar-refractivity contribution in [2.45, 2.75) is 52.6 Å². The Balaban J connectivity index is 1.66. The molecule has 1 aliphatic rings. The van der Waals surface area contributed by atoms with Gasteiger partial charge in [-0.3, -0.25) is 14.7 Å². The molecule has 2 aromatic heterocycles. The average molecular weight is 387 g/mol. The maximum absolute atomic E-state index is 11.3.